The van der Waals surface area contributed by atoms with Crippen LogP contribution in [0.25, 0.3) is 11.3 Å². The summed E-state index contributed by atoms with van der Waals surface area (Å²) in [6, 6.07) is 6.78. The normalized spacial score (nSPS) is 20.6. The van der Waals surface area contributed by atoms with Gasteiger partial charge in [-0.25, -0.2) is 4.39 Å². The van der Waals surface area contributed by atoms with Crippen molar-refractivity contribution in [3.05, 3.63) is 59.3 Å². The molecule has 6 rings (SSSR count). The first-order valence-electron chi connectivity index (χ1n) is 12.4. The Bertz CT molecular complexity index is 1320. The smallest absolute Gasteiger partial charge is 0.255 e. The number of aromatic nitrogens is 2. The lowest BCUT2D eigenvalue weighted by Crippen LogP contribution is -2.42. The van der Waals surface area contributed by atoms with Crippen LogP contribution in [-0.4, -0.2) is 66.8 Å². The maximum Gasteiger partial charge on any atom is 0.255 e. The number of fused-ring (bicyclic) bond motifs is 2. The van der Waals surface area contributed by atoms with Crippen molar-refractivity contribution in [2.45, 2.75) is 31.3 Å². The maximum atomic E-state index is 14.4. The van der Waals surface area contributed by atoms with Crippen LogP contribution in [-0.2, 0) is 10.2 Å². The van der Waals surface area contributed by atoms with Crippen molar-refractivity contribution in [2.24, 2.45) is 0 Å². The molecule has 188 valence electrons. The van der Waals surface area contributed by atoms with E-state index in [1.54, 1.807) is 25.4 Å². The highest BCUT2D eigenvalue weighted by Crippen LogP contribution is 2.54. The molecule has 3 aromatic rings. The van der Waals surface area contributed by atoms with Crippen LogP contribution in [0.1, 0.15) is 34.5 Å². The van der Waals surface area contributed by atoms with E-state index in [0.717, 1.165) is 42.9 Å². The predicted octanol–water partition coefficient (Wildman–Crippen LogP) is 3.75. The Morgan fingerprint density at radius 1 is 1.33 bits per heavy atom. The minimum atomic E-state index is -0.306. The van der Waals surface area contributed by atoms with Crippen LogP contribution in [0, 0.1) is 12.7 Å². The number of nitrogens with zero attached hydrogens (tertiary/aromatic N) is 2. The summed E-state index contributed by atoms with van der Waals surface area (Å²) in [7, 11) is 2.07. The molecule has 3 aliphatic rings. The van der Waals surface area contributed by atoms with Gasteiger partial charge in [0, 0.05) is 53.8 Å². The zero-order chi connectivity index (χ0) is 24.9. The van der Waals surface area contributed by atoms with Crippen LogP contribution in [0.2, 0.25) is 0 Å². The second kappa shape index (κ2) is 8.90. The van der Waals surface area contributed by atoms with Crippen molar-refractivity contribution in [1.29, 1.82) is 0 Å². The molecule has 3 N–H and O–H groups in total. The molecule has 36 heavy (non-hydrogen) atoms. The number of H-pyrrole nitrogens is 1. The van der Waals surface area contributed by atoms with E-state index >= 15 is 0 Å². The number of halogens is 1. The van der Waals surface area contributed by atoms with Gasteiger partial charge in [0.05, 0.1) is 29.7 Å². The number of carbonyl (C=O) groups is 1. The molecule has 1 saturated carbocycles. The summed E-state index contributed by atoms with van der Waals surface area (Å²) in [4.78, 5) is 23.2. The SMILES string of the molecule is Cc1c(F)cccc1Nc1c(-c2ccncc2OCC2CN(C)CCO2)[nH]c2c1C(=O)NCC21CC1. The Morgan fingerprint density at radius 2 is 2.19 bits per heavy atom. The quantitative estimate of drug-likeness (QED) is 0.487. The number of nitrogens with one attached hydrogen (secondary N) is 3. The third-order valence-corrected chi connectivity index (χ3v) is 7.55. The third kappa shape index (κ3) is 4.02. The highest BCUT2D eigenvalue weighted by atomic mass is 19.1. The van der Waals surface area contributed by atoms with E-state index in [0.29, 0.717) is 48.0 Å². The van der Waals surface area contributed by atoms with Gasteiger partial charge in [-0.1, -0.05) is 6.07 Å². The Labute approximate surface area is 209 Å². The average Bonchev–Trinajstić information content (AvgIpc) is 3.56. The number of pyridine rings is 1. The van der Waals surface area contributed by atoms with Gasteiger partial charge in [0.25, 0.3) is 5.91 Å². The van der Waals surface area contributed by atoms with E-state index in [2.05, 4.69) is 32.5 Å². The van der Waals surface area contributed by atoms with Crippen LogP contribution in [0.15, 0.2) is 36.7 Å². The van der Waals surface area contributed by atoms with Gasteiger partial charge in [-0.3, -0.25) is 9.78 Å². The van der Waals surface area contributed by atoms with Crippen molar-refractivity contribution < 1.29 is 18.7 Å². The zero-order valence-electron chi connectivity index (χ0n) is 20.5. The first-order valence-corrected chi connectivity index (χ1v) is 12.4. The largest absolute Gasteiger partial charge is 0.488 e. The average molecular weight is 492 g/mol. The third-order valence-electron chi connectivity index (χ3n) is 7.55. The number of rotatable bonds is 6. The molecular weight excluding hydrogens is 461 g/mol. The number of carbonyl (C=O) groups excluding carboxylic acids is 1. The molecule has 4 heterocycles. The highest BCUT2D eigenvalue weighted by Gasteiger charge is 2.51. The lowest BCUT2D eigenvalue weighted by atomic mass is 9.93. The summed E-state index contributed by atoms with van der Waals surface area (Å²) >= 11 is 0. The molecule has 1 amide bonds. The molecule has 1 saturated heterocycles. The van der Waals surface area contributed by atoms with Gasteiger partial charge < -0.3 is 30.0 Å². The molecule has 2 aliphatic heterocycles. The molecule has 2 fully saturated rings. The number of aromatic amines is 1. The summed E-state index contributed by atoms with van der Waals surface area (Å²) in [6.07, 6.45) is 5.36. The highest BCUT2D eigenvalue weighted by molar-refractivity contribution is 6.07. The molecule has 1 spiro atoms. The summed E-state index contributed by atoms with van der Waals surface area (Å²) in [5.41, 5.74) is 4.65. The van der Waals surface area contributed by atoms with Crippen molar-refractivity contribution >= 4 is 17.3 Å². The Morgan fingerprint density at radius 3 is 3.00 bits per heavy atom. The molecule has 1 unspecified atom stereocenters. The number of morpholine rings is 1. The van der Waals surface area contributed by atoms with Gasteiger partial charge in [-0.05, 0) is 45.0 Å². The Hall–Kier alpha value is -3.43. The van der Waals surface area contributed by atoms with Crippen molar-refractivity contribution in [3.63, 3.8) is 0 Å². The number of ether oxygens (including phenoxy) is 2. The molecule has 1 atom stereocenters. The van der Waals surface area contributed by atoms with E-state index in [9.17, 15) is 9.18 Å². The molecule has 9 heteroatoms. The molecule has 1 aromatic carbocycles. The van der Waals surface area contributed by atoms with E-state index < -0.39 is 0 Å². The number of likely N-dealkylation sites (N-methyl/N-ethyl adjacent to an activating group) is 1. The molecule has 2 aromatic heterocycles. The second-order valence-electron chi connectivity index (χ2n) is 10.1. The monoisotopic (exact) mass is 491 g/mol. The maximum absolute atomic E-state index is 14.4. The van der Waals surface area contributed by atoms with Gasteiger partial charge >= 0.3 is 0 Å². The van der Waals surface area contributed by atoms with E-state index in [1.807, 2.05) is 12.1 Å². The molecule has 0 bridgehead atoms. The number of amides is 1. The lowest BCUT2D eigenvalue weighted by Gasteiger charge is -2.30. The number of anilines is 2. The van der Waals surface area contributed by atoms with E-state index in [-0.39, 0.29) is 23.2 Å². The minimum absolute atomic E-state index is 0.0401. The van der Waals surface area contributed by atoms with Crippen molar-refractivity contribution in [2.75, 3.05) is 45.2 Å². The minimum Gasteiger partial charge on any atom is -0.488 e. The fourth-order valence-electron chi connectivity index (χ4n) is 5.19. The topological polar surface area (TPSA) is 91.5 Å². The number of hydrogen-bond acceptors (Lipinski definition) is 6. The Kier molecular flexibility index (Phi) is 5.69. The van der Waals surface area contributed by atoms with Crippen LogP contribution < -0.4 is 15.4 Å². The zero-order valence-corrected chi connectivity index (χ0v) is 20.5. The summed E-state index contributed by atoms with van der Waals surface area (Å²) in [5, 5.41) is 6.44. The van der Waals surface area contributed by atoms with Crippen LogP contribution in [0.5, 0.6) is 5.75 Å². The molecule has 1 aliphatic carbocycles. The lowest BCUT2D eigenvalue weighted by molar-refractivity contribution is -0.0403. The number of hydrogen-bond donors (Lipinski definition) is 3. The second-order valence-corrected chi connectivity index (χ2v) is 10.1. The summed E-state index contributed by atoms with van der Waals surface area (Å²) < 4.78 is 26.5. The molecule has 8 nitrogen and oxygen atoms in total. The van der Waals surface area contributed by atoms with Crippen molar-refractivity contribution in [1.82, 2.24) is 20.2 Å². The fraction of sp³-hybridized carbons (Fsp3) is 0.407. The van der Waals surface area contributed by atoms with Crippen LogP contribution >= 0.6 is 0 Å². The van der Waals surface area contributed by atoms with Gasteiger partial charge in [0.2, 0.25) is 0 Å². The summed E-state index contributed by atoms with van der Waals surface area (Å²) in [5.74, 6) is 0.147. The molecule has 0 radical (unpaired) electrons. The van der Waals surface area contributed by atoms with Gasteiger partial charge in [-0.2, -0.15) is 0 Å². The standard InChI is InChI=1S/C27H30FN5O3/c1-16-19(28)4-3-5-20(16)31-24-22-25(27(7-8-27)15-30-26(22)34)32-23(24)18-6-9-29-12-21(18)36-14-17-13-33(2)10-11-35-17/h3-6,9,12,17,31-32H,7-8,10-11,13-15H2,1-2H3,(H,30,34). The van der Waals surface area contributed by atoms with Gasteiger partial charge in [-0.15, -0.1) is 0 Å². The molecular formula is C27H30FN5O3. The number of benzene rings is 1. The Balaban J connectivity index is 1.42. The van der Waals surface area contributed by atoms with Gasteiger partial charge in [0.1, 0.15) is 24.3 Å². The summed E-state index contributed by atoms with van der Waals surface area (Å²) in [6.45, 7) is 5.10. The predicted molar refractivity (Wildman–Crippen MR) is 134 cm³/mol. The van der Waals surface area contributed by atoms with Crippen molar-refractivity contribution in [3.8, 4) is 17.0 Å². The van der Waals surface area contributed by atoms with Gasteiger partial charge in [0.15, 0.2) is 0 Å². The van der Waals surface area contributed by atoms with E-state index in [1.165, 1.54) is 6.07 Å². The van der Waals surface area contributed by atoms with Crippen LogP contribution in [0.3, 0.4) is 0 Å². The van der Waals surface area contributed by atoms with Crippen LogP contribution in [0.4, 0.5) is 15.8 Å². The first kappa shape index (κ1) is 23.0. The first-order chi connectivity index (χ1) is 17.4. The fourth-order valence-corrected chi connectivity index (χ4v) is 5.19. The van der Waals surface area contributed by atoms with E-state index in [4.69, 9.17) is 9.47 Å².